The van der Waals surface area contributed by atoms with Gasteiger partial charge in [-0.25, -0.2) is 4.79 Å². The van der Waals surface area contributed by atoms with Crippen LogP contribution < -0.4 is 10.4 Å². The van der Waals surface area contributed by atoms with Crippen molar-refractivity contribution >= 4 is 28.6 Å². The fourth-order valence-electron chi connectivity index (χ4n) is 5.16. The van der Waals surface area contributed by atoms with E-state index >= 15 is 0 Å². The van der Waals surface area contributed by atoms with E-state index in [2.05, 4.69) is 0 Å². The number of phenolic OH excluding ortho intramolecular Hbond substituents is 3. The van der Waals surface area contributed by atoms with E-state index in [0.717, 1.165) is 6.07 Å². The molecular weight excluding hydrogens is 508 g/mol. The van der Waals surface area contributed by atoms with E-state index in [4.69, 9.17) is 13.9 Å². The van der Waals surface area contributed by atoms with Crippen LogP contribution in [-0.2, 0) is 4.74 Å². The molecule has 3 heterocycles. The van der Waals surface area contributed by atoms with Gasteiger partial charge in [0.15, 0.2) is 41.5 Å². The van der Waals surface area contributed by atoms with Crippen LogP contribution in [0.25, 0.3) is 10.8 Å². The Kier molecular flexibility index (Phi) is 4.62. The lowest BCUT2D eigenvalue weighted by molar-refractivity contribution is -0.271. The highest BCUT2D eigenvalue weighted by Crippen LogP contribution is 2.54. The SMILES string of the molecule is Cc1cc2cc3c(c(O)c2c(=O)o1)O[C@@]1(OC2=C(C(=O)c4c(O)cc(C=O)c(O)c4C2=O)C1O)[C@@H](O)[C@@H]3O. The summed E-state index contributed by atoms with van der Waals surface area (Å²) in [7, 11) is 0. The number of aliphatic hydroxyl groups excluding tert-OH is 3. The normalized spacial score (nSPS) is 25.6. The number of hydrogen-bond acceptors (Lipinski definition) is 13. The molecular formula is C25H16O13. The van der Waals surface area contributed by atoms with Gasteiger partial charge in [0.25, 0.3) is 0 Å². The Labute approximate surface area is 210 Å². The molecule has 3 aliphatic rings. The molecule has 1 aromatic heterocycles. The molecule has 6 rings (SSSR count). The first-order valence-electron chi connectivity index (χ1n) is 11.0. The first kappa shape index (κ1) is 23.7. The number of aliphatic hydroxyl groups is 3. The van der Waals surface area contributed by atoms with Gasteiger partial charge in [0.05, 0.1) is 22.3 Å². The van der Waals surface area contributed by atoms with Crippen LogP contribution in [0.4, 0.5) is 0 Å². The Morgan fingerprint density at radius 2 is 1.63 bits per heavy atom. The Bertz CT molecular complexity index is 1750. The molecule has 38 heavy (non-hydrogen) atoms. The van der Waals surface area contributed by atoms with E-state index < -0.39 is 92.3 Å². The number of fused-ring (bicyclic) bond motifs is 3. The Morgan fingerprint density at radius 3 is 2.32 bits per heavy atom. The van der Waals surface area contributed by atoms with Crippen LogP contribution in [0.2, 0.25) is 0 Å². The van der Waals surface area contributed by atoms with Gasteiger partial charge in [0.2, 0.25) is 5.78 Å². The summed E-state index contributed by atoms with van der Waals surface area (Å²) in [5.74, 6) is -9.13. The number of ketones is 2. The molecule has 13 nitrogen and oxygen atoms in total. The van der Waals surface area contributed by atoms with Crippen molar-refractivity contribution < 1.29 is 58.9 Å². The van der Waals surface area contributed by atoms with Crippen LogP contribution in [0, 0.1) is 6.92 Å². The van der Waals surface area contributed by atoms with Gasteiger partial charge < -0.3 is 44.5 Å². The van der Waals surface area contributed by atoms with E-state index in [1.165, 1.54) is 19.1 Å². The predicted molar refractivity (Wildman–Crippen MR) is 121 cm³/mol. The first-order valence-corrected chi connectivity index (χ1v) is 11.0. The Balaban J connectivity index is 1.53. The third-order valence-corrected chi connectivity index (χ3v) is 6.92. The first-order chi connectivity index (χ1) is 17.9. The van der Waals surface area contributed by atoms with Crippen LogP contribution >= 0.6 is 0 Å². The number of benzene rings is 2. The molecule has 0 fully saturated rings. The van der Waals surface area contributed by atoms with E-state index in [1.54, 1.807) is 0 Å². The fraction of sp³-hybridized carbons (Fsp3) is 0.200. The van der Waals surface area contributed by atoms with Crippen molar-refractivity contribution in [1.29, 1.82) is 0 Å². The van der Waals surface area contributed by atoms with Crippen molar-refractivity contribution in [2.45, 2.75) is 31.0 Å². The van der Waals surface area contributed by atoms with Gasteiger partial charge >= 0.3 is 11.4 Å². The number of carbonyl (C=O) groups is 3. The van der Waals surface area contributed by atoms with E-state index in [-0.39, 0.29) is 28.4 Å². The van der Waals surface area contributed by atoms with Gasteiger partial charge in [0, 0.05) is 5.56 Å². The van der Waals surface area contributed by atoms with Gasteiger partial charge in [-0.1, -0.05) is 0 Å². The zero-order valence-electron chi connectivity index (χ0n) is 19.1. The van der Waals surface area contributed by atoms with Gasteiger partial charge in [-0.15, -0.1) is 0 Å². The molecule has 3 aromatic rings. The summed E-state index contributed by atoms with van der Waals surface area (Å²) < 4.78 is 16.2. The maximum atomic E-state index is 13.3. The summed E-state index contributed by atoms with van der Waals surface area (Å²) in [6.07, 6.45) is -6.26. The highest BCUT2D eigenvalue weighted by atomic mass is 16.7. The number of aldehydes is 1. The van der Waals surface area contributed by atoms with Crippen molar-refractivity contribution in [2.24, 2.45) is 0 Å². The Morgan fingerprint density at radius 1 is 0.921 bits per heavy atom. The maximum Gasteiger partial charge on any atom is 0.347 e. The van der Waals surface area contributed by atoms with Crippen molar-refractivity contribution in [3.05, 3.63) is 68.0 Å². The monoisotopic (exact) mass is 524 g/mol. The summed E-state index contributed by atoms with van der Waals surface area (Å²) in [5, 5.41) is 64.5. The van der Waals surface area contributed by atoms with Crippen molar-refractivity contribution in [2.75, 3.05) is 0 Å². The standard InChI is InChI=1S/C25H16O13/c1-6-2-7-3-9-16(29)23(34)25(37-20(9)18(31)11(7)24(35)36-6)22(33)14-17(30)12-10(27)4-8(5-26)15(28)13(12)19(32)21(14)38-25/h2-5,16,22-23,27-29,31,33-34H,1H3/t16-,22?,23+,25+/m1/s1. The molecule has 1 aliphatic carbocycles. The van der Waals surface area contributed by atoms with Crippen molar-refractivity contribution in [3.8, 4) is 23.0 Å². The molecule has 13 heteroatoms. The molecule has 1 unspecified atom stereocenters. The van der Waals surface area contributed by atoms with Gasteiger partial charge in [-0.05, 0) is 30.5 Å². The lowest BCUT2D eigenvalue weighted by Crippen LogP contribution is -2.60. The minimum absolute atomic E-state index is 0.134. The molecule has 0 radical (unpaired) electrons. The lowest BCUT2D eigenvalue weighted by Gasteiger charge is -2.43. The third-order valence-electron chi connectivity index (χ3n) is 6.92. The molecule has 2 aliphatic heterocycles. The smallest absolute Gasteiger partial charge is 0.347 e. The number of hydrogen-bond donors (Lipinski definition) is 6. The second-order valence-corrected chi connectivity index (χ2v) is 9.07. The van der Waals surface area contributed by atoms with Crippen molar-refractivity contribution in [3.63, 3.8) is 0 Å². The Hall–Kier alpha value is -4.72. The minimum Gasteiger partial charge on any atom is -0.507 e. The average molecular weight is 524 g/mol. The third kappa shape index (κ3) is 2.69. The predicted octanol–water partition coefficient (Wildman–Crippen LogP) is 0.238. The second kappa shape index (κ2) is 7.41. The van der Waals surface area contributed by atoms with E-state index in [1.807, 2.05) is 0 Å². The highest BCUT2D eigenvalue weighted by Gasteiger charge is 2.65. The van der Waals surface area contributed by atoms with Gasteiger partial charge in [0.1, 0.15) is 28.7 Å². The van der Waals surface area contributed by atoms with E-state index in [9.17, 15) is 49.8 Å². The van der Waals surface area contributed by atoms with Crippen LogP contribution in [0.3, 0.4) is 0 Å². The minimum atomic E-state index is -2.79. The lowest BCUT2D eigenvalue weighted by atomic mass is 9.81. The quantitative estimate of drug-likeness (QED) is 0.186. The summed E-state index contributed by atoms with van der Waals surface area (Å²) in [4.78, 5) is 50.2. The average Bonchev–Trinajstić information content (AvgIpc) is 3.16. The summed E-state index contributed by atoms with van der Waals surface area (Å²) >= 11 is 0. The maximum absolute atomic E-state index is 13.3. The number of aryl methyl sites for hydroxylation is 1. The molecule has 194 valence electrons. The molecule has 0 bridgehead atoms. The van der Waals surface area contributed by atoms with Gasteiger partial charge in [-0.2, -0.15) is 0 Å². The molecule has 4 atom stereocenters. The van der Waals surface area contributed by atoms with Crippen LogP contribution in [0.1, 0.15) is 48.5 Å². The largest absolute Gasteiger partial charge is 0.507 e. The topological polar surface area (TPSA) is 221 Å². The van der Waals surface area contributed by atoms with Crippen LogP contribution in [0.5, 0.6) is 23.0 Å². The number of carbonyl (C=O) groups excluding carboxylic acids is 3. The van der Waals surface area contributed by atoms with Crippen LogP contribution in [0.15, 0.2) is 38.7 Å². The number of ether oxygens (including phenoxy) is 2. The van der Waals surface area contributed by atoms with Crippen LogP contribution in [-0.4, -0.2) is 66.5 Å². The zero-order chi connectivity index (χ0) is 27.4. The summed E-state index contributed by atoms with van der Waals surface area (Å²) in [6, 6.07) is 3.38. The van der Waals surface area contributed by atoms with Crippen molar-refractivity contribution in [1.82, 2.24) is 0 Å². The fourth-order valence-corrected chi connectivity index (χ4v) is 5.16. The number of rotatable bonds is 1. The molecule has 1 spiro atoms. The molecule has 0 saturated heterocycles. The van der Waals surface area contributed by atoms with E-state index in [0.29, 0.717) is 0 Å². The number of allylic oxidation sites excluding steroid dienone is 1. The summed E-state index contributed by atoms with van der Waals surface area (Å²) in [5.41, 5.74) is -3.96. The highest BCUT2D eigenvalue weighted by molar-refractivity contribution is 6.29. The second-order valence-electron chi connectivity index (χ2n) is 9.07. The number of aromatic hydroxyl groups is 3. The number of Topliss-reactive ketones (excluding diaryl/α,β-unsaturated/α-hetero) is 2. The molecule has 0 amide bonds. The summed E-state index contributed by atoms with van der Waals surface area (Å²) in [6.45, 7) is 1.48. The number of phenols is 3. The van der Waals surface area contributed by atoms with Gasteiger partial charge in [-0.3, -0.25) is 14.4 Å². The molecule has 2 aromatic carbocycles. The molecule has 0 saturated carbocycles. The zero-order valence-corrected chi connectivity index (χ0v) is 19.1. The molecule has 6 N–H and O–H groups in total.